The lowest BCUT2D eigenvalue weighted by molar-refractivity contribution is -0.158. The van der Waals surface area contributed by atoms with E-state index in [4.69, 9.17) is 4.74 Å². The molecule has 3 heteroatoms. The van der Waals surface area contributed by atoms with E-state index < -0.39 is 0 Å². The van der Waals surface area contributed by atoms with Crippen LogP contribution in [-0.2, 0) is 9.53 Å². The molecule has 0 amide bonds. The minimum absolute atomic E-state index is 0.110. The first-order valence-corrected chi connectivity index (χ1v) is 11.7. The lowest BCUT2D eigenvalue weighted by Gasteiger charge is -2.60. The summed E-state index contributed by atoms with van der Waals surface area (Å²) in [6, 6.07) is 4.32. The molecule has 0 radical (unpaired) electrons. The van der Waals surface area contributed by atoms with Gasteiger partial charge in [0.15, 0.2) is 0 Å². The number of ether oxygens (including phenoxy) is 1. The summed E-state index contributed by atoms with van der Waals surface area (Å²) >= 11 is 0. The molecule has 4 aliphatic carbocycles. The Bertz CT molecular complexity index is 817. The van der Waals surface area contributed by atoms with E-state index in [9.17, 15) is 4.79 Å². The van der Waals surface area contributed by atoms with Crippen LogP contribution in [0.2, 0.25) is 0 Å². The van der Waals surface area contributed by atoms with Crippen molar-refractivity contribution in [3.63, 3.8) is 0 Å². The molecule has 3 saturated carbocycles. The van der Waals surface area contributed by atoms with E-state index in [-0.39, 0.29) is 12.1 Å². The first kappa shape index (κ1) is 19.3. The summed E-state index contributed by atoms with van der Waals surface area (Å²) < 4.78 is 5.62. The van der Waals surface area contributed by atoms with Crippen LogP contribution in [-0.4, -0.2) is 17.1 Å². The zero-order chi connectivity index (χ0) is 20.2. The van der Waals surface area contributed by atoms with Gasteiger partial charge < -0.3 is 4.74 Å². The number of hydrogen-bond donors (Lipinski definition) is 0. The number of pyridine rings is 1. The Hall–Kier alpha value is -1.64. The van der Waals surface area contributed by atoms with E-state index in [1.165, 1.54) is 44.1 Å². The topological polar surface area (TPSA) is 39.2 Å². The van der Waals surface area contributed by atoms with Crippen molar-refractivity contribution in [2.24, 2.45) is 34.5 Å². The molecule has 0 bridgehead atoms. The predicted molar refractivity (Wildman–Crippen MR) is 115 cm³/mol. The van der Waals surface area contributed by atoms with Gasteiger partial charge in [0.2, 0.25) is 0 Å². The Morgan fingerprint density at radius 3 is 2.76 bits per heavy atom. The zero-order valence-electron chi connectivity index (χ0n) is 18.2. The fourth-order valence-electron chi connectivity index (χ4n) is 8.10. The normalized spacial score (nSPS) is 43.6. The third kappa shape index (κ3) is 2.99. The lowest BCUT2D eigenvalue weighted by Crippen LogP contribution is -2.53. The Morgan fingerprint density at radius 1 is 1.14 bits per heavy atom. The van der Waals surface area contributed by atoms with E-state index >= 15 is 0 Å². The van der Waals surface area contributed by atoms with Crippen LogP contribution in [0, 0.1) is 34.5 Å². The molecular weight excluding hydrogens is 358 g/mol. The molecule has 156 valence electrons. The second-order valence-corrected chi connectivity index (χ2v) is 10.7. The molecule has 7 atom stereocenters. The van der Waals surface area contributed by atoms with Gasteiger partial charge in [-0.2, -0.15) is 0 Å². The summed E-state index contributed by atoms with van der Waals surface area (Å²) in [6.45, 7) is 6.66. The maximum Gasteiger partial charge on any atom is 0.302 e. The Kier molecular flexibility index (Phi) is 4.64. The summed E-state index contributed by atoms with van der Waals surface area (Å²) in [5.74, 6) is 3.06. The van der Waals surface area contributed by atoms with Crippen molar-refractivity contribution in [1.82, 2.24) is 4.98 Å². The number of allylic oxidation sites excluding steroid dienone is 2. The second-order valence-electron chi connectivity index (χ2n) is 10.7. The van der Waals surface area contributed by atoms with Crippen LogP contribution in [0.4, 0.5) is 0 Å². The molecule has 1 aromatic rings. The van der Waals surface area contributed by atoms with Gasteiger partial charge >= 0.3 is 5.97 Å². The number of hydrogen-bond acceptors (Lipinski definition) is 3. The van der Waals surface area contributed by atoms with Crippen molar-refractivity contribution >= 4 is 11.5 Å². The average molecular weight is 394 g/mol. The van der Waals surface area contributed by atoms with Crippen LogP contribution in [0.3, 0.4) is 0 Å². The minimum Gasteiger partial charge on any atom is -0.463 e. The summed E-state index contributed by atoms with van der Waals surface area (Å²) in [6.07, 6.45) is 16.5. The van der Waals surface area contributed by atoms with E-state index in [1.807, 2.05) is 6.20 Å². The number of esters is 1. The van der Waals surface area contributed by atoms with Crippen LogP contribution in [0.1, 0.15) is 77.7 Å². The molecule has 0 aromatic carbocycles. The van der Waals surface area contributed by atoms with Crippen molar-refractivity contribution in [3.05, 3.63) is 36.2 Å². The van der Waals surface area contributed by atoms with Gasteiger partial charge in [0.05, 0.1) is 0 Å². The van der Waals surface area contributed by atoms with E-state index in [2.05, 4.69) is 43.2 Å². The largest absolute Gasteiger partial charge is 0.463 e. The van der Waals surface area contributed by atoms with Gasteiger partial charge in [-0.05, 0) is 103 Å². The number of rotatable bonds is 2. The third-order valence-corrected chi connectivity index (χ3v) is 9.50. The molecule has 3 nitrogen and oxygen atoms in total. The summed E-state index contributed by atoms with van der Waals surface area (Å²) in [4.78, 5) is 15.9. The first-order chi connectivity index (χ1) is 13.9. The Labute approximate surface area is 175 Å². The lowest BCUT2D eigenvalue weighted by atomic mass is 9.44. The molecule has 0 N–H and O–H groups in total. The van der Waals surface area contributed by atoms with E-state index in [1.54, 1.807) is 12.5 Å². The van der Waals surface area contributed by atoms with Crippen LogP contribution >= 0.6 is 0 Å². The molecular formula is C26H35NO2. The highest BCUT2D eigenvalue weighted by atomic mass is 16.5. The van der Waals surface area contributed by atoms with Crippen molar-refractivity contribution in [3.8, 4) is 0 Å². The Morgan fingerprint density at radius 2 is 2.00 bits per heavy atom. The standard InChI is InChI=1S/C26H35NO2/c1-17(28)29-20-10-12-25(2)19(15-20)6-7-21-23-9-8-22(18-5-4-14-27-16-18)26(23,3)13-11-24(21)25/h4-5,8,14,16,19-21,23-24H,6-7,9-13,15H2,1-3H3/t19?,20?,21-,23-,24-,25-,26+/m0/s1. The maximum atomic E-state index is 11.5. The summed E-state index contributed by atoms with van der Waals surface area (Å²) in [5, 5.41) is 0. The fraction of sp³-hybridized carbons (Fsp3) is 0.692. The van der Waals surface area contributed by atoms with Crippen molar-refractivity contribution < 1.29 is 9.53 Å². The van der Waals surface area contributed by atoms with Gasteiger partial charge in [-0.25, -0.2) is 0 Å². The van der Waals surface area contributed by atoms with Crippen molar-refractivity contribution in [2.45, 2.75) is 78.2 Å². The molecule has 29 heavy (non-hydrogen) atoms. The van der Waals surface area contributed by atoms with E-state index in [0.29, 0.717) is 10.8 Å². The van der Waals surface area contributed by atoms with Crippen LogP contribution in [0.15, 0.2) is 30.6 Å². The molecule has 0 spiro atoms. The van der Waals surface area contributed by atoms with E-state index in [0.717, 1.165) is 36.5 Å². The molecule has 3 fully saturated rings. The molecule has 5 rings (SSSR count). The van der Waals surface area contributed by atoms with Crippen molar-refractivity contribution in [1.29, 1.82) is 0 Å². The number of aromatic nitrogens is 1. The first-order valence-electron chi connectivity index (χ1n) is 11.7. The number of carbonyl (C=O) groups excluding carboxylic acids is 1. The number of fused-ring (bicyclic) bond motifs is 5. The summed E-state index contributed by atoms with van der Waals surface area (Å²) in [7, 11) is 0. The van der Waals surface area contributed by atoms with Gasteiger partial charge in [0, 0.05) is 19.3 Å². The van der Waals surface area contributed by atoms with Gasteiger partial charge in [-0.3, -0.25) is 9.78 Å². The molecule has 2 unspecified atom stereocenters. The van der Waals surface area contributed by atoms with Gasteiger partial charge in [-0.15, -0.1) is 0 Å². The molecule has 4 aliphatic rings. The highest BCUT2D eigenvalue weighted by molar-refractivity contribution is 5.72. The fourth-order valence-corrected chi connectivity index (χ4v) is 8.10. The average Bonchev–Trinajstić information content (AvgIpc) is 3.06. The smallest absolute Gasteiger partial charge is 0.302 e. The van der Waals surface area contributed by atoms with Crippen molar-refractivity contribution in [2.75, 3.05) is 0 Å². The van der Waals surface area contributed by atoms with Gasteiger partial charge in [-0.1, -0.05) is 26.0 Å². The zero-order valence-corrected chi connectivity index (χ0v) is 18.2. The highest BCUT2D eigenvalue weighted by Gasteiger charge is 2.58. The molecule has 1 aromatic heterocycles. The quantitative estimate of drug-likeness (QED) is 0.574. The van der Waals surface area contributed by atoms with Crippen LogP contribution < -0.4 is 0 Å². The molecule has 1 heterocycles. The number of nitrogens with zero attached hydrogens (tertiary/aromatic N) is 1. The molecule has 0 aliphatic heterocycles. The maximum absolute atomic E-state index is 11.5. The second kappa shape index (κ2) is 6.96. The van der Waals surface area contributed by atoms with Crippen LogP contribution in [0.25, 0.3) is 5.57 Å². The molecule has 0 saturated heterocycles. The summed E-state index contributed by atoms with van der Waals surface area (Å²) in [5.41, 5.74) is 3.62. The minimum atomic E-state index is -0.110. The third-order valence-electron chi connectivity index (χ3n) is 9.50. The predicted octanol–water partition coefficient (Wildman–Crippen LogP) is 6.05. The van der Waals surface area contributed by atoms with Gasteiger partial charge in [0.25, 0.3) is 0 Å². The van der Waals surface area contributed by atoms with Crippen LogP contribution in [0.5, 0.6) is 0 Å². The van der Waals surface area contributed by atoms with Gasteiger partial charge in [0.1, 0.15) is 6.10 Å². The highest BCUT2D eigenvalue weighted by Crippen LogP contribution is 2.67. The monoisotopic (exact) mass is 393 g/mol. The SMILES string of the molecule is CC(=O)OC1CC[C@@]2(C)C(CC[C@@H]3[C@@H]2CC[C@]2(C)C(c4cccnc4)=CC[C@@H]32)C1. The Balaban J connectivity index is 1.37. The number of carbonyl (C=O) groups is 1.